The van der Waals surface area contributed by atoms with Crippen LogP contribution in [0.15, 0.2) is 11.6 Å². The van der Waals surface area contributed by atoms with Crippen LogP contribution in [0.25, 0.3) is 0 Å². The molecule has 9 nitrogen and oxygen atoms in total. The number of Topliss-reactive ketones (excluding diaryl/α,β-unsaturated/α-hetero) is 1. The fraction of sp³-hybridized carbons (Fsp3) is 0.818. The van der Waals surface area contributed by atoms with Crippen LogP contribution in [-0.4, -0.2) is 66.8 Å². The first-order valence-corrected chi connectivity index (χ1v) is 12.8. The highest BCUT2D eigenvalue weighted by molar-refractivity contribution is 7.46. The van der Waals surface area contributed by atoms with E-state index in [1.807, 2.05) is 0 Å². The van der Waals surface area contributed by atoms with Crippen molar-refractivity contribution in [3.8, 4) is 0 Å². The number of hydrogen-bond donors (Lipinski definition) is 5. The lowest BCUT2D eigenvalue weighted by Crippen LogP contribution is -2.72. The summed E-state index contributed by atoms with van der Waals surface area (Å²) in [5.74, 6) is -3.24. The SMILES string of the molecule is C[C@H]1C[C@H]2[C@@H]3CCC4=CC(=O)C[C@@H](O)[C@]4(C)[C@@]3(F)[C@@H](O)C[C@]2(C)[C@@]1(O)C(=O)COP(=O)(O)O. The molecular weight excluding hydrogens is 458 g/mol. The molecular formula is C22H32FO9P. The van der Waals surface area contributed by atoms with Gasteiger partial charge in [-0.1, -0.05) is 26.3 Å². The number of aliphatic hydroxyl groups is 3. The quantitative estimate of drug-likeness (QED) is 0.365. The molecule has 3 saturated carbocycles. The topological polar surface area (TPSA) is 162 Å². The van der Waals surface area contributed by atoms with Crippen molar-refractivity contribution >= 4 is 19.4 Å². The van der Waals surface area contributed by atoms with Gasteiger partial charge in [0.15, 0.2) is 17.2 Å². The number of hydrogen-bond acceptors (Lipinski definition) is 7. The van der Waals surface area contributed by atoms with Crippen LogP contribution in [0.3, 0.4) is 0 Å². The first kappa shape index (κ1) is 25.1. The zero-order valence-electron chi connectivity index (χ0n) is 18.9. The first-order chi connectivity index (χ1) is 15.0. The summed E-state index contributed by atoms with van der Waals surface area (Å²) in [6.45, 7) is 3.75. The fourth-order valence-electron chi connectivity index (χ4n) is 7.81. The van der Waals surface area contributed by atoms with E-state index in [-0.39, 0.29) is 31.5 Å². The Morgan fingerprint density at radius 1 is 1.24 bits per heavy atom. The average Bonchev–Trinajstić information content (AvgIpc) is 2.89. The summed E-state index contributed by atoms with van der Waals surface area (Å²) in [5, 5.41) is 33.7. The second-order valence-electron chi connectivity index (χ2n) is 10.8. The number of alkyl halides is 1. The summed E-state index contributed by atoms with van der Waals surface area (Å²) in [6.07, 6.45) is -1.26. The normalized spacial score (nSPS) is 49.7. The van der Waals surface area contributed by atoms with Gasteiger partial charge in [0, 0.05) is 17.8 Å². The largest absolute Gasteiger partial charge is 0.470 e. The lowest BCUT2D eigenvalue weighted by Gasteiger charge is -2.64. The van der Waals surface area contributed by atoms with Crippen molar-refractivity contribution < 1.29 is 48.2 Å². The van der Waals surface area contributed by atoms with Crippen LogP contribution in [-0.2, 0) is 18.7 Å². The minimum Gasteiger partial charge on any atom is -0.392 e. The number of halogens is 1. The van der Waals surface area contributed by atoms with Gasteiger partial charge in [0.05, 0.1) is 17.6 Å². The minimum atomic E-state index is -4.95. The molecule has 0 aromatic rings. The number of aliphatic hydroxyl groups excluding tert-OH is 2. The van der Waals surface area contributed by atoms with Crippen molar-refractivity contribution in [2.75, 3.05) is 6.61 Å². The van der Waals surface area contributed by atoms with Crippen molar-refractivity contribution in [3.63, 3.8) is 0 Å². The molecule has 0 aliphatic heterocycles. The first-order valence-electron chi connectivity index (χ1n) is 11.3. The van der Waals surface area contributed by atoms with E-state index in [9.17, 15) is 29.5 Å². The third-order valence-electron chi connectivity index (χ3n) is 9.51. The number of ketones is 2. The van der Waals surface area contributed by atoms with Crippen LogP contribution in [0.4, 0.5) is 4.39 Å². The van der Waals surface area contributed by atoms with Crippen LogP contribution in [0.1, 0.15) is 52.9 Å². The van der Waals surface area contributed by atoms with Crippen molar-refractivity contribution in [2.24, 2.45) is 28.6 Å². The molecule has 3 fully saturated rings. The van der Waals surface area contributed by atoms with E-state index in [1.54, 1.807) is 13.8 Å². The number of carbonyl (C=O) groups is 2. The molecule has 4 aliphatic carbocycles. The molecule has 0 aromatic carbocycles. The van der Waals surface area contributed by atoms with Crippen molar-refractivity contribution in [3.05, 3.63) is 11.6 Å². The highest BCUT2D eigenvalue weighted by Crippen LogP contribution is 2.71. The Hall–Kier alpha value is -1.00. The molecule has 0 radical (unpaired) electrons. The van der Waals surface area contributed by atoms with Gasteiger partial charge >= 0.3 is 7.82 Å². The van der Waals surface area contributed by atoms with Crippen molar-refractivity contribution in [1.29, 1.82) is 0 Å². The van der Waals surface area contributed by atoms with Crippen LogP contribution in [0.5, 0.6) is 0 Å². The van der Waals surface area contributed by atoms with E-state index in [2.05, 4.69) is 4.52 Å². The molecule has 0 heterocycles. The van der Waals surface area contributed by atoms with Crippen molar-refractivity contribution in [1.82, 2.24) is 0 Å². The third kappa shape index (κ3) is 3.15. The average molecular weight is 490 g/mol. The predicted octanol–water partition coefficient (Wildman–Crippen LogP) is 1.21. The van der Waals surface area contributed by atoms with Crippen LogP contribution in [0.2, 0.25) is 0 Å². The summed E-state index contributed by atoms with van der Waals surface area (Å²) in [4.78, 5) is 43.0. The van der Waals surface area contributed by atoms with Gasteiger partial charge < -0.3 is 25.1 Å². The van der Waals surface area contributed by atoms with Gasteiger partial charge in [-0.3, -0.25) is 14.1 Å². The Bertz CT molecular complexity index is 964. The molecule has 0 saturated heterocycles. The maximum atomic E-state index is 17.1. The van der Waals surface area contributed by atoms with Gasteiger partial charge in [-0.25, -0.2) is 8.96 Å². The molecule has 0 amide bonds. The smallest absolute Gasteiger partial charge is 0.392 e. The Morgan fingerprint density at radius 3 is 2.48 bits per heavy atom. The van der Waals surface area contributed by atoms with E-state index >= 15 is 4.39 Å². The third-order valence-corrected chi connectivity index (χ3v) is 9.98. The number of phosphoric ester groups is 1. The molecule has 9 atom stereocenters. The minimum absolute atomic E-state index is 0.244. The lowest BCUT2D eigenvalue weighted by molar-refractivity contribution is -0.242. The van der Waals surface area contributed by atoms with E-state index in [0.29, 0.717) is 12.0 Å². The molecule has 0 spiro atoms. The zero-order chi connectivity index (χ0) is 24.8. The van der Waals surface area contributed by atoms with E-state index in [1.165, 1.54) is 13.0 Å². The summed E-state index contributed by atoms with van der Waals surface area (Å²) in [7, 11) is -4.95. The van der Waals surface area contributed by atoms with Gasteiger partial charge in [0.25, 0.3) is 0 Å². The van der Waals surface area contributed by atoms with E-state index in [0.717, 1.165) is 0 Å². The molecule has 5 N–H and O–H groups in total. The predicted molar refractivity (Wildman–Crippen MR) is 112 cm³/mol. The van der Waals surface area contributed by atoms with E-state index in [4.69, 9.17) is 9.79 Å². The maximum absolute atomic E-state index is 17.1. The Balaban J connectivity index is 1.76. The summed E-state index contributed by atoms with van der Waals surface area (Å²) < 4.78 is 32.6. The van der Waals surface area contributed by atoms with Crippen molar-refractivity contribution in [2.45, 2.75) is 76.4 Å². The van der Waals surface area contributed by atoms with Gasteiger partial charge in [-0.2, -0.15) is 0 Å². The molecule has 33 heavy (non-hydrogen) atoms. The van der Waals surface area contributed by atoms with Gasteiger partial charge in [0.2, 0.25) is 0 Å². The number of fused-ring (bicyclic) bond motifs is 5. The number of carbonyl (C=O) groups excluding carboxylic acids is 2. The Kier molecular flexibility index (Phi) is 5.70. The van der Waals surface area contributed by atoms with Crippen LogP contribution >= 0.6 is 7.82 Å². The summed E-state index contributed by atoms with van der Waals surface area (Å²) in [5.41, 5.74) is -6.66. The Morgan fingerprint density at radius 2 is 1.88 bits per heavy atom. The summed E-state index contributed by atoms with van der Waals surface area (Å²) in [6, 6.07) is 0. The fourth-order valence-corrected chi connectivity index (χ4v) is 8.09. The molecule has 4 aliphatic rings. The monoisotopic (exact) mass is 490 g/mol. The highest BCUT2D eigenvalue weighted by Gasteiger charge is 2.76. The number of phosphoric acid groups is 1. The van der Waals surface area contributed by atoms with Crippen LogP contribution < -0.4 is 0 Å². The molecule has 186 valence electrons. The van der Waals surface area contributed by atoms with Crippen LogP contribution in [0, 0.1) is 28.6 Å². The van der Waals surface area contributed by atoms with Gasteiger partial charge in [-0.15, -0.1) is 0 Å². The molecule has 0 bridgehead atoms. The lowest BCUT2D eigenvalue weighted by atomic mass is 9.43. The highest BCUT2D eigenvalue weighted by atomic mass is 31.2. The molecule has 0 unspecified atom stereocenters. The van der Waals surface area contributed by atoms with E-state index < -0.39 is 72.3 Å². The number of rotatable bonds is 4. The zero-order valence-corrected chi connectivity index (χ0v) is 19.8. The summed E-state index contributed by atoms with van der Waals surface area (Å²) >= 11 is 0. The molecule has 0 aromatic heterocycles. The Labute approximate surface area is 191 Å². The van der Waals surface area contributed by atoms with Gasteiger partial charge in [-0.05, 0) is 43.6 Å². The second-order valence-corrected chi connectivity index (χ2v) is 12.0. The van der Waals surface area contributed by atoms with Gasteiger partial charge in [0.1, 0.15) is 12.2 Å². The maximum Gasteiger partial charge on any atom is 0.470 e. The standard InChI is InChI=1S/C22H32FO9P/c1-11-6-15-14-5-4-12-7-13(24)8-16(25)20(12,3)21(14,23)17(26)9-19(15,2)22(11,28)18(27)10-32-33(29,30)31/h7,11,14-17,25-26,28H,4-6,8-10H2,1-3H3,(H2,29,30,31)/t11-,14-,15-,16+,17-,19-,20+,21-,22-/m0/s1. The second kappa shape index (κ2) is 7.50. The molecule has 11 heteroatoms. The molecule has 4 rings (SSSR count).